The molecule has 78 valence electrons. The first kappa shape index (κ1) is 10.4. The molecule has 0 amide bonds. The van der Waals surface area contributed by atoms with Crippen LogP contribution < -0.4 is 0 Å². The van der Waals surface area contributed by atoms with E-state index >= 15 is 0 Å². The van der Waals surface area contributed by atoms with E-state index in [-0.39, 0.29) is 5.69 Å². The maximum atomic E-state index is 10.9. The van der Waals surface area contributed by atoms with Crippen molar-refractivity contribution in [1.29, 1.82) is 0 Å². The van der Waals surface area contributed by atoms with Gasteiger partial charge >= 0.3 is 5.97 Å². The fourth-order valence-corrected chi connectivity index (χ4v) is 2.74. The fraction of sp³-hybridized carbons (Fsp3) is 0.111. The van der Waals surface area contributed by atoms with E-state index in [0.29, 0.717) is 11.3 Å². The molecule has 0 aliphatic heterocycles. The molecule has 15 heavy (non-hydrogen) atoms. The number of hydrogen-bond acceptors (Lipinski definition) is 4. The molecule has 0 saturated heterocycles. The van der Waals surface area contributed by atoms with Gasteiger partial charge in [0.2, 0.25) is 0 Å². The van der Waals surface area contributed by atoms with E-state index in [2.05, 4.69) is 21.1 Å². The minimum Gasteiger partial charge on any atom is -0.476 e. The standard InChI is InChI=1S/C9H6BrNO3S/c1-4-7(5-2-3-6(10)15-5)8(9(12)13)11-14-4/h2-3H,1H3,(H,12,13). The van der Waals surface area contributed by atoms with Crippen molar-refractivity contribution in [2.45, 2.75) is 6.92 Å². The third-order valence-corrected chi connectivity index (χ3v) is 3.53. The Morgan fingerprint density at radius 3 is 2.87 bits per heavy atom. The minimum atomic E-state index is -1.08. The molecule has 0 radical (unpaired) electrons. The maximum Gasteiger partial charge on any atom is 0.358 e. The zero-order valence-electron chi connectivity index (χ0n) is 7.65. The number of carbonyl (C=O) groups is 1. The Morgan fingerprint density at radius 1 is 1.60 bits per heavy atom. The molecule has 0 fully saturated rings. The molecule has 6 heteroatoms. The van der Waals surface area contributed by atoms with E-state index in [1.165, 1.54) is 11.3 Å². The molecule has 4 nitrogen and oxygen atoms in total. The lowest BCUT2D eigenvalue weighted by Crippen LogP contribution is -1.98. The normalized spacial score (nSPS) is 10.5. The average Bonchev–Trinajstić information content (AvgIpc) is 2.71. The fourth-order valence-electron chi connectivity index (χ4n) is 1.26. The Balaban J connectivity index is 2.60. The summed E-state index contributed by atoms with van der Waals surface area (Å²) in [5, 5.41) is 12.4. The maximum absolute atomic E-state index is 10.9. The number of rotatable bonds is 2. The first-order valence-corrected chi connectivity index (χ1v) is 5.66. The molecule has 0 bridgehead atoms. The first-order chi connectivity index (χ1) is 7.09. The van der Waals surface area contributed by atoms with Gasteiger partial charge in [-0.2, -0.15) is 0 Å². The molecule has 2 aromatic rings. The van der Waals surface area contributed by atoms with Crippen molar-refractivity contribution in [3.8, 4) is 10.4 Å². The van der Waals surface area contributed by atoms with Crippen molar-refractivity contribution in [2.75, 3.05) is 0 Å². The van der Waals surface area contributed by atoms with E-state index < -0.39 is 5.97 Å². The van der Waals surface area contributed by atoms with Crippen LogP contribution in [0.25, 0.3) is 10.4 Å². The quantitative estimate of drug-likeness (QED) is 0.921. The molecule has 0 aromatic carbocycles. The third-order valence-electron chi connectivity index (χ3n) is 1.88. The molecule has 0 saturated carbocycles. The second-order valence-electron chi connectivity index (χ2n) is 2.87. The van der Waals surface area contributed by atoms with Crippen molar-refractivity contribution < 1.29 is 14.4 Å². The van der Waals surface area contributed by atoms with Gasteiger partial charge in [0.15, 0.2) is 5.69 Å². The summed E-state index contributed by atoms with van der Waals surface area (Å²) in [5.41, 5.74) is 0.514. The van der Waals surface area contributed by atoms with Gasteiger partial charge in [-0.05, 0) is 35.0 Å². The summed E-state index contributed by atoms with van der Waals surface area (Å²) in [6, 6.07) is 3.69. The molecule has 0 atom stereocenters. The van der Waals surface area contributed by atoms with Gasteiger partial charge in [-0.15, -0.1) is 11.3 Å². The summed E-state index contributed by atoms with van der Waals surface area (Å²) in [4.78, 5) is 11.7. The predicted molar refractivity (Wildman–Crippen MR) is 59.2 cm³/mol. The lowest BCUT2D eigenvalue weighted by molar-refractivity contribution is 0.0686. The van der Waals surface area contributed by atoms with Crippen molar-refractivity contribution in [1.82, 2.24) is 5.16 Å². The monoisotopic (exact) mass is 287 g/mol. The first-order valence-electron chi connectivity index (χ1n) is 4.05. The van der Waals surface area contributed by atoms with Gasteiger partial charge in [0.05, 0.1) is 9.35 Å². The van der Waals surface area contributed by atoms with Crippen LogP contribution in [0.1, 0.15) is 16.2 Å². The van der Waals surface area contributed by atoms with Gasteiger partial charge in [-0.3, -0.25) is 0 Å². The lowest BCUT2D eigenvalue weighted by Gasteiger charge is -1.93. The number of aryl methyl sites for hydroxylation is 1. The molecule has 0 unspecified atom stereocenters. The zero-order valence-corrected chi connectivity index (χ0v) is 10.1. The minimum absolute atomic E-state index is 0.0400. The molecular weight excluding hydrogens is 282 g/mol. The van der Waals surface area contributed by atoms with Crippen molar-refractivity contribution in [2.24, 2.45) is 0 Å². The number of aromatic carboxylic acids is 1. The van der Waals surface area contributed by atoms with Gasteiger partial charge in [-0.1, -0.05) is 5.16 Å². The predicted octanol–water partition coefficient (Wildman–Crippen LogP) is 3.17. The number of nitrogens with zero attached hydrogens (tertiary/aromatic N) is 1. The van der Waals surface area contributed by atoms with Gasteiger partial charge in [0, 0.05) is 4.88 Å². The van der Waals surface area contributed by atoms with Crippen LogP contribution in [0.4, 0.5) is 0 Å². The van der Waals surface area contributed by atoms with E-state index in [0.717, 1.165) is 8.66 Å². The molecule has 0 aliphatic carbocycles. The largest absolute Gasteiger partial charge is 0.476 e. The van der Waals surface area contributed by atoms with Crippen LogP contribution in [0, 0.1) is 6.92 Å². The Kier molecular flexibility index (Phi) is 2.62. The second-order valence-corrected chi connectivity index (χ2v) is 5.33. The van der Waals surface area contributed by atoms with Crippen LogP contribution in [0.3, 0.4) is 0 Å². The number of carboxylic acids is 1. The van der Waals surface area contributed by atoms with Crippen molar-refractivity contribution >= 4 is 33.2 Å². The second kappa shape index (κ2) is 3.79. The highest BCUT2D eigenvalue weighted by atomic mass is 79.9. The number of thiophene rings is 1. The molecular formula is C9H6BrNO3S. The summed E-state index contributed by atoms with van der Waals surface area (Å²) in [6.45, 7) is 1.70. The summed E-state index contributed by atoms with van der Waals surface area (Å²) in [5.74, 6) is -0.562. The van der Waals surface area contributed by atoms with Gasteiger partial charge in [-0.25, -0.2) is 4.79 Å². The Morgan fingerprint density at radius 2 is 2.33 bits per heavy atom. The highest BCUT2D eigenvalue weighted by Crippen LogP contribution is 2.35. The highest BCUT2D eigenvalue weighted by Gasteiger charge is 2.21. The molecule has 0 aliphatic rings. The van der Waals surface area contributed by atoms with Crippen LogP contribution in [0.5, 0.6) is 0 Å². The van der Waals surface area contributed by atoms with Crippen LogP contribution in [0.15, 0.2) is 20.4 Å². The number of aromatic nitrogens is 1. The van der Waals surface area contributed by atoms with Crippen molar-refractivity contribution in [3.05, 3.63) is 27.4 Å². The Bertz CT molecular complexity index is 517. The van der Waals surface area contributed by atoms with Crippen LogP contribution >= 0.6 is 27.3 Å². The van der Waals surface area contributed by atoms with Crippen LogP contribution in [-0.4, -0.2) is 16.2 Å². The molecule has 0 spiro atoms. The molecule has 2 heterocycles. The summed E-state index contributed by atoms with van der Waals surface area (Å²) < 4.78 is 5.82. The summed E-state index contributed by atoms with van der Waals surface area (Å²) >= 11 is 4.77. The Labute approximate surface area is 97.6 Å². The number of carboxylic acid groups (broad SMARTS) is 1. The molecule has 2 rings (SSSR count). The van der Waals surface area contributed by atoms with Gasteiger partial charge in [0.1, 0.15) is 5.76 Å². The van der Waals surface area contributed by atoms with E-state index in [1.807, 2.05) is 12.1 Å². The van der Waals surface area contributed by atoms with Gasteiger partial charge in [0.25, 0.3) is 0 Å². The summed E-state index contributed by atoms with van der Waals surface area (Å²) in [6.07, 6.45) is 0. The molecule has 1 N–H and O–H groups in total. The topological polar surface area (TPSA) is 63.3 Å². The smallest absolute Gasteiger partial charge is 0.358 e. The zero-order chi connectivity index (χ0) is 11.0. The van der Waals surface area contributed by atoms with Crippen LogP contribution in [-0.2, 0) is 0 Å². The van der Waals surface area contributed by atoms with Crippen LogP contribution in [0.2, 0.25) is 0 Å². The highest BCUT2D eigenvalue weighted by molar-refractivity contribution is 9.11. The number of hydrogen-bond donors (Lipinski definition) is 1. The van der Waals surface area contributed by atoms with E-state index in [4.69, 9.17) is 9.63 Å². The number of halogens is 1. The average molecular weight is 288 g/mol. The van der Waals surface area contributed by atoms with E-state index in [9.17, 15) is 4.79 Å². The van der Waals surface area contributed by atoms with E-state index in [1.54, 1.807) is 6.92 Å². The van der Waals surface area contributed by atoms with Crippen molar-refractivity contribution in [3.63, 3.8) is 0 Å². The van der Waals surface area contributed by atoms with Gasteiger partial charge < -0.3 is 9.63 Å². The third kappa shape index (κ3) is 1.82. The SMILES string of the molecule is Cc1onc(C(=O)O)c1-c1ccc(Br)s1. The Hall–Kier alpha value is -1.14. The summed E-state index contributed by atoms with van der Waals surface area (Å²) in [7, 11) is 0. The molecule has 2 aromatic heterocycles. The lowest BCUT2D eigenvalue weighted by atomic mass is 10.1.